The van der Waals surface area contributed by atoms with Crippen LogP contribution in [0.4, 0.5) is 0 Å². The molecular weight excluding hydrogens is 451 g/mol. The molecule has 1 aliphatic rings. The molecule has 1 N–H and O–H groups in total. The van der Waals surface area contributed by atoms with Crippen molar-refractivity contribution in [2.75, 3.05) is 12.5 Å². The number of nitrogens with zero attached hydrogens (tertiary/aromatic N) is 2. The van der Waals surface area contributed by atoms with Gasteiger partial charge in [-0.1, -0.05) is 53.0 Å². The van der Waals surface area contributed by atoms with Gasteiger partial charge in [0, 0.05) is 5.88 Å². The first-order valence-corrected chi connectivity index (χ1v) is 9.18. The minimum Gasteiger partial charge on any atom is -0.459 e. The molecular formula is C14H14Cl5N3O4. The maximum atomic E-state index is 12.4. The summed E-state index contributed by atoms with van der Waals surface area (Å²) >= 11 is 28.4. The van der Waals surface area contributed by atoms with Gasteiger partial charge in [-0.3, -0.25) is 9.59 Å². The predicted octanol–water partition coefficient (Wildman–Crippen LogP) is 2.11. The molecule has 0 bridgehead atoms. The Morgan fingerprint density at radius 3 is 2.46 bits per heavy atom. The van der Waals surface area contributed by atoms with Gasteiger partial charge in [0.1, 0.15) is 24.1 Å². The van der Waals surface area contributed by atoms with Crippen LogP contribution in [0, 0.1) is 17.2 Å². The maximum absolute atomic E-state index is 12.4. The fraction of sp³-hybridized carbons (Fsp3) is 0.571. The molecule has 4 atom stereocenters. The molecule has 0 aromatic carbocycles. The van der Waals surface area contributed by atoms with E-state index in [0.717, 1.165) is 4.90 Å². The second kappa shape index (κ2) is 9.34. The summed E-state index contributed by atoms with van der Waals surface area (Å²) in [6, 6.07) is -0.679. The summed E-state index contributed by atoms with van der Waals surface area (Å²) in [5.41, 5.74) is -0.947. The van der Waals surface area contributed by atoms with Crippen LogP contribution in [0.1, 0.15) is 6.92 Å². The minimum absolute atomic E-state index is 0.134. The molecule has 4 unspecified atom stereocenters. The Morgan fingerprint density at radius 2 is 2.04 bits per heavy atom. The first-order chi connectivity index (χ1) is 11.9. The van der Waals surface area contributed by atoms with Gasteiger partial charge in [-0.15, -0.1) is 11.6 Å². The highest BCUT2D eigenvalue weighted by atomic mass is 35.6. The van der Waals surface area contributed by atoms with Crippen LogP contribution in [0.2, 0.25) is 0 Å². The van der Waals surface area contributed by atoms with E-state index in [-0.39, 0.29) is 11.5 Å². The lowest BCUT2D eigenvalue weighted by molar-refractivity contribution is -0.163. The van der Waals surface area contributed by atoms with E-state index in [1.807, 2.05) is 0 Å². The highest BCUT2D eigenvalue weighted by Crippen LogP contribution is 2.31. The lowest BCUT2D eigenvalue weighted by atomic mass is 9.98. The molecule has 1 rings (SSSR count). The summed E-state index contributed by atoms with van der Waals surface area (Å²) in [5, 5.41) is 11.1. The Labute approximate surface area is 175 Å². The molecule has 0 aromatic heterocycles. The van der Waals surface area contributed by atoms with Crippen LogP contribution in [0.3, 0.4) is 0 Å². The molecule has 2 amide bonds. The highest BCUT2D eigenvalue weighted by molar-refractivity contribution is 6.67. The fourth-order valence-corrected chi connectivity index (χ4v) is 2.69. The Hall–Kier alpha value is -0.910. The largest absolute Gasteiger partial charge is 0.459 e. The molecule has 1 saturated heterocycles. The number of carbonyl (C=O) groups is 3. The lowest BCUT2D eigenvalue weighted by Gasteiger charge is -2.47. The maximum Gasteiger partial charge on any atom is 0.333 e. The molecule has 144 valence electrons. The number of esters is 1. The molecule has 12 heteroatoms. The third-order valence-electron chi connectivity index (χ3n) is 3.38. The van der Waals surface area contributed by atoms with Crippen LogP contribution in [-0.2, 0) is 19.1 Å². The first kappa shape index (κ1) is 23.1. The number of nitrogens with one attached hydrogen (secondary N) is 1. The molecule has 0 aliphatic carbocycles. The van der Waals surface area contributed by atoms with Gasteiger partial charge in [0.15, 0.2) is 6.04 Å². The number of β-lactam (4-membered cyclic amide) rings is 1. The van der Waals surface area contributed by atoms with Crippen molar-refractivity contribution in [2.24, 2.45) is 5.92 Å². The molecule has 26 heavy (non-hydrogen) atoms. The average molecular weight is 466 g/mol. The zero-order valence-corrected chi connectivity index (χ0v) is 17.1. The molecule has 0 spiro atoms. The van der Waals surface area contributed by atoms with E-state index < -0.39 is 51.7 Å². The summed E-state index contributed by atoms with van der Waals surface area (Å²) in [6.07, 6.45) is 0. The van der Waals surface area contributed by atoms with Gasteiger partial charge in [0.2, 0.25) is 9.70 Å². The highest BCUT2D eigenvalue weighted by Gasteiger charge is 2.53. The standard InChI is InChI=1S/C14H14Cl5N3O4/c1-6(3-15)9(13(25)26-5-14(17,18)19)22-10(16)8(12(22)24)21-11(23)7(2)4-20/h7-10H,1,3,5H2,2H3,(H,21,23). The number of likely N-dealkylation sites (tertiary alicyclic amines) is 1. The molecule has 1 fully saturated rings. The van der Waals surface area contributed by atoms with E-state index in [2.05, 4.69) is 11.9 Å². The van der Waals surface area contributed by atoms with E-state index in [9.17, 15) is 14.4 Å². The Bertz CT molecular complexity index is 645. The van der Waals surface area contributed by atoms with Gasteiger partial charge in [-0.25, -0.2) is 4.79 Å². The van der Waals surface area contributed by atoms with Crippen molar-refractivity contribution in [3.8, 4) is 6.07 Å². The third kappa shape index (κ3) is 5.54. The quantitative estimate of drug-likeness (QED) is 0.204. The van der Waals surface area contributed by atoms with Crippen molar-refractivity contribution in [2.45, 2.75) is 28.3 Å². The van der Waals surface area contributed by atoms with Gasteiger partial charge in [0.05, 0.1) is 6.07 Å². The van der Waals surface area contributed by atoms with E-state index in [1.54, 1.807) is 6.07 Å². The summed E-state index contributed by atoms with van der Waals surface area (Å²) in [5.74, 6) is -3.39. The number of halogens is 5. The number of carbonyl (C=O) groups excluding carboxylic acids is 3. The molecule has 0 saturated carbocycles. The normalized spacial score (nSPS) is 21.9. The van der Waals surface area contributed by atoms with Crippen LogP contribution in [0.5, 0.6) is 0 Å². The molecule has 0 radical (unpaired) electrons. The average Bonchev–Trinajstić information content (AvgIpc) is 2.59. The van der Waals surface area contributed by atoms with E-state index in [4.69, 9.17) is 68.0 Å². The number of hydrogen-bond donors (Lipinski definition) is 1. The van der Waals surface area contributed by atoms with Crippen molar-refractivity contribution >= 4 is 75.8 Å². The zero-order chi connectivity index (χ0) is 20.2. The van der Waals surface area contributed by atoms with Crippen molar-refractivity contribution in [3.63, 3.8) is 0 Å². The SMILES string of the molecule is C=C(CCl)C(C(=O)OCC(Cl)(Cl)Cl)N1C(=O)C(NC(=O)C(C)C#N)C1Cl. The number of hydrogen-bond acceptors (Lipinski definition) is 5. The summed E-state index contributed by atoms with van der Waals surface area (Å²) in [4.78, 5) is 37.4. The van der Waals surface area contributed by atoms with E-state index in [0.29, 0.717) is 0 Å². The van der Waals surface area contributed by atoms with Crippen LogP contribution in [0.25, 0.3) is 0 Å². The second-order valence-corrected chi connectivity index (χ2v) is 8.60. The Balaban J connectivity index is 2.89. The summed E-state index contributed by atoms with van der Waals surface area (Å²) in [6.45, 7) is 4.43. The van der Waals surface area contributed by atoms with Crippen molar-refractivity contribution in [3.05, 3.63) is 12.2 Å². The summed E-state index contributed by atoms with van der Waals surface area (Å²) < 4.78 is 3.04. The Kier molecular flexibility index (Phi) is 8.31. The third-order valence-corrected chi connectivity index (χ3v) is 4.52. The monoisotopic (exact) mass is 463 g/mol. The van der Waals surface area contributed by atoms with Gasteiger partial charge in [0.25, 0.3) is 5.91 Å². The smallest absolute Gasteiger partial charge is 0.333 e. The summed E-state index contributed by atoms with van der Waals surface area (Å²) in [7, 11) is 0. The molecule has 1 aliphatic heterocycles. The molecule has 0 aromatic rings. The number of nitriles is 1. The zero-order valence-electron chi connectivity index (χ0n) is 13.3. The van der Waals surface area contributed by atoms with E-state index >= 15 is 0 Å². The molecule has 1 heterocycles. The topological polar surface area (TPSA) is 99.5 Å². The first-order valence-electron chi connectivity index (χ1n) is 7.07. The lowest BCUT2D eigenvalue weighted by Crippen LogP contribution is -2.72. The number of ether oxygens (including phenoxy) is 1. The van der Waals surface area contributed by atoms with Crippen molar-refractivity contribution in [1.29, 1.82) is 5.26 Å². The number of amides is 2. The number of alkyl halides is 5. The van der Waals surface area contributed by atoms with Crippen LogP contribution >= 0.6 is 58.0 Å². The Morgan fingerprint density at radius 1 is 1.46 bits per heavy atom. The second-order valence-electron chi connectivity index (χ2n) is 5.37. The predicted molar refractivity (Wildman–Crippen MR) is 98.1 cm³/mol. The van der Waals surface area contributed by atoms with Crippen LogP contribution in [-0.4, -0.2) is 56.5 Å². The van der Waals surface area contributed by atoms with E-state index in [1.165, 1.54) is 6.92 Å². The van der Waals surface area contributed by atoms with Gasteiger partial charge >= 0.3 is 5.97 Å². The van der Waals surface area contributed by atoms with Crippen molar-refractivity contribution in [1.82, 2.24) is 10.2 Å². The van der Waals surface area contributed by atoms with Gasteiger partial charge in [-0.05, 0) is 12.5 Å². The fourth-order valence-electron chi connectivity index (χ4n) is 2.00. The number of rotatable bonds is 7. The minimum atomic E-state index is -1.84. The van der Waals surface area contributed by atoms with Crippen LogP contribution in [0.15, 0.2) is 12.2 Å². The van der Waals surface area contributed by atoms with Gasteiger partial charge in [-0.2, -0.15) is 5.26 Å². The van der Waals surface area contributed by atoms with Crippen molar-refractivity contribution < 1.29 is 19.1 Å². The van der Waals surface area contributed by atoms with Gasteiger partial charge < -0.3 is 15.0 Å². The van der Waals surface area contributed by atoms with Crippen LogP contribution < -0.4 is 5.32 Å². The molecule has 7 nitrogen and oxygen atoms in total.